The minimum absolute atomic E-state index is 0.0434. The Kier molecular flexibility index (Phi) is 5.39. The molecule has 1 aliphatic rings. The topological polar surface area (TPSA) is 32.3 Å². The predicted octanol–water partition coefficient (Wildman–Crippen LogP) is 4.65. The molecule has 1 aromatic carbocycles. The number of thiophene rings is 1. The van der Waals surface area contributed by atoms with E-state index >= 15 is 0 Å². The number of rotatable bonds is 4. The van der Waals surface area contributed by atoms with E-state index in [-0.39, 0.29) is 11.9 Å². The lowest BCUT2D eigenvalue weighted by Crippen LogP contribution is -2.40. The van der Waals surface area contributed by atoms with Gasteiger partial charge in [-0.2, -0.15) is 0 Å². The Bertz CT molecular complexity index is 742. The summed E-state index contributed by atoms with van der Waals surface area (Å²) in [7, 11) is 0. The van der Waals surface area contributed by atoms with Crippen LogP contribution in [0.2, 0.25) is 5.02 Å². The predicted molar refractivity (Wildman–Crippen MR) is 103 cm³/mol. The van der Waals surface area contributed by atoms with Crippen molar-refractivity contribution in [3.63, 3.8) is 0 Å². The van der Waals surface area contributed by atoms with Crippen molar-refractivity contribution >= 4 is 33.8 Å². The fraction of sp³-hybridized carbons (Fsp3) is 0.316. The molecule has 1 aliphatic heterocycles. The monoisotopic (exact) mass is 360 g/mol. The summed E-state index contributed by atoms with van der Waals surface area (Å²) in [6.07, 6.45) is 4.42. The fourth-order valence-corrected chi connectivity index (χ4v) is 4.40. The maximum atomic E-state index is 12.6. The van der Waals surface area contributed by atoms with Crippen molar-refractivity contribution in [2.24, 2.45) is 0 Å². The van der Waals surface area contributed by atoms with Gasteiger partial charge in [-0.05, 0) is 68.3 Å². The minimum atomic E-state index is 0.0434. The van der Waals surface area contributed by atoms with Gasteiger partial charge >= 0.3 is 0 Å². The second-order valence-corrected chi connectivity index (χ2v) is 7.51. The van der Waals surface area contributed by atoms with Crippen LogP contribution in [0, 0.1) is 6.92 Å². The van der Waals surface area contributed by atoms with Gasteiger partial charge in [0.1, 0.15) is 0 Å². The zero-order valence-electron chi connectivity index (χ0n) is 13.9. The van der Waals surface area contributed by atoms with Crippen LogP contribution in [-0.4, -0.2) is 25.0 Å². The summed E-state index contributed by atoms with van der Waals surface area (Å²) in [5.74, 6) is 0.0434. The lowest BCUT2D eigenvalue weighted by Gasteiger charge is -2.26. The summed E-state index contributed by atoms with van der Waals surface area (Å²) < 4.78 is 0. The van der Waals surface area contributed by atoms with Crippen LogP contribution >= 0.6 is 22.9 Å². The van der Waals surface area contributed by atoms with Gasteiger partial charge in [-0.25, -0.2) is 0 Å². The lowest BCUT2D eigenvalue weighted by molar-refractivity contribution is -0.114. The quantitative estimate of drug-likeness (QED) is 0.805. The molecule has 1 fully saturated rings. The number of hydrogen-bond donors (Lipinski definition) is 1. The van der Waals surface area contributed by atoms with E-state index in [2.05, 4.69) is 17.4 Å². The first-order valence-electron chi connectivity index (χ1n) is 8.12. The third kappa shape index (κ3) is 3.72. The molecular weight excluding hydrogens is 340 g/mol. The highest BCUT2D eigenvalue weighted by Crippen LogP contribution is 2.36. The molecule has 1 amide bonds. The molecule has 0 radical (unpaired) electrons. The standard InChI is InChI=1S/C19H21ClN2OS/c1-3-4-18(23)22(16-7-8-21-12-16)19-6-5-17(24-19)14-9-13(2)10-15(20)11-14/h3-6,9-11,16,21H,7-8,12H2,1-2H3. The number of nitrogens with one attached hydrogen (secondary N) is 1. The Labute approximate surface area is 151 Å². The minimum Gasteiger partial charge on any atom is -0.315 e. The van der Waals surface area contributed by atoms with E-state index in [9.17, 15) is 4.79 Å². The Morgan fingerprint density at radius 3 is 2.88 bits per heavy atom. The van der Waals surface area contributed by atoms with Crippen LogP contribution in [0.4, 0.5) is 5.00 Å². The van der Waals surface area contributed by atoms with Crippen molar-refractivity contribution in [1.29, 1.82) is 0 Å². The van der Waals surface area contributed by atoms with Gasteiger partial charge in [-0.1, -0.05) is 23.7 Å². The Morgan fingerprint density at radius 1 is 1.38 bits per heavy atom. The molecule has 1 saturated heterocycles. The van der Waals surface area contributed by atoms with E-state index in [1.165, 1.54) is 0 Å². The highest BCUT2D eigenvalue weighted by atomic mass is 35.5. The van der Waals surface area contributed by atoms with Crippen LogP contribution in [0.3, 0.4) is 0 Å². The van der Waals surface area contributed by atoms with E-state index in [1.54, 1.807) is 23.5 Å². The SMILES string of the molecule is CC=CC(=O)N(c1ccc(-c2cc(C)cc(Cl)c2)s1)C1CCNC1. The number of aryl methyl sites for hydroxylation is 1. The highest BCUT2D eigenvalue weighted by molar-refractivity contribution is 7.19. The van der Waals surface area contributed by atoms with E-state index in [1.807, 2.05) is 36.9 Å². The number of allylic oxidation sites excluding steroid dienone is 1. The molecule has 5 heteroatoms. The van der Waals surface area contributed by atoms with Crippen LogP contribution in [0.15, 0.2) is 42.5 Å². The van der Waals surface area contributed by atoms with Crippen molar-refractivity contribution < 1.29 is 4.79 Å². The summed E-state index contributed by atoms with van der Waals surface area (Å²) in [5.41, 5.74) is 2.23. The molecule has 126 valence electrons. The molecule has 24 heavy (non-hydrogen) atoms. The van der Waals surface area contributed by atoms with Crippen molar-refractivity contribution in [1.82, 2.24) is 5.32 Å². The van der Waals surface area contributed by atoms with Crippen LogP contribution in [-0.2, 0) is 4.79 Å². The van der Waals surface area contributed by atoms with Crippen LogP contribution in [0.1, 0.15) is 18.9 Å². The average Bonchev–Trinajstić information content (AvgIpc) is 3.19. The van der Waals surface area contributed by atoms with E-state index in [4.69, 9.17) is 11.6 Å². The van der Waals surface area contributed by atoms with Gasteiger partial charge < -0.3 is 5.32 Å². The molecule has 1 atom stereocenters. The Hall–Kier alpha value is -1.62. The number of hydrogen-bond acceptors (Lipinski definition) is 3. The second kappa shape index (κ2) is 7.51. The number of carbonyl (C=O) groups is 1. The molecule has 2 aromatic rings. The first kappa shape index (κ1) is 17.2. The number of nitrogens with zero attached hydrogens (tertiary/aromatic N) is 1. The molecule has 0 bridgehead atoms. The van der Waals surface area contributed by atoms with Crippen LogP contribution in [0.5, 0.6) is 0 Å². The molecule has 1 N–H and O–H groups in total. The number of amides is 1. The molecular formula is C19H21ClN2OS. The van der Waals surface area contributed by atoms with Gasteiger partial charge in [-0.3, -0.25) is 9.69 Å². The van der Waals surface area contributed by atoms with Crippen molar-refractivity contribution in [3.05, 3.63) is 53.1 Å². The van der Waals surface area contributed by atoms with Crippen LogP contribution < -0.4 is 10.2 Å². The van der Waals surface area contributed by atoms with Crippen molar-refractivity contribution in [3.8, 4) is 10.4 Å². The molecule has 3 rings (SSSR count). The molecule has 1 unspecified atom stereocenters. The van der Waals surface area contributed by atoms with Crippen molar-refractivity contribution in [2.45, 2.75) is 26.3 Å². The summed E-state index contributed by atoms with van der Waals surface area (Å²) >= 11 is 7.82. The highest BCUT2D eigenvalue weighted by Gasteiger charge is 2.27. The van der Waals surface area contributed by atoms with Gasteiger partial charge in [0.05, 0.1) is 11.0 Å². The first-order valence-corrected chi connectivity index (χ1v) is 9.32. The summed E-state index contributed by atoms with van der Waals surface area (Å²) in [5, 5.41) is 5.07. The largest absolute Gasteiger partial charge is 0.315 e. The molecule has 1 aromatic heterocycles. The van der Waals surface area contributed by atoms with Gasteiger partial charge in [0.2, 0.25) is 0 Å². The molecule has 0 spiro atoms. The van der Waals surface area contributed by atoms with Gasteiger partial charge in [-0.15, -0.1) is 11.3 Å². The Balaban J connectivity index is 1.94. The summed E-state index contributed by atoms with van der Waals surface area (Å²) in [4.78, 5) is 15.6. The number of benzene rings is 1. The normalized spacial score (nSPS) is 17.5. The van der Waals surface area contributed by atoms with Gasteiger partial charge in [0.15, 0.2) is 0 Å². The molecule has 2 heterocycles. The molecule has 0 saturated carbocycles. The Morgan fingerprint density at radius 2 is 2.21 bits per heavy atom. The zero-order chi connectivity index (χ0) is 17.1. The lowest BCUT2D eigenvalue weighted by atomic mass is 10.1. The third-order valence-corrected chi connectivity index (χ3v) is 5.45. The number of carbonyl (C=O) groups excluding carboxylic acids is 1. The summed E-state index contributed by atoms with van der Waals surface area (Å²) in [6, 6.07) is 10.4. The fourth-order valence-electron chi connectivity index (χ4n) is 3.04. The maximum Gasteiger partial charge on any atom is 0.251 e. The van der Waals surface area contributed by atoms with Gasteiger partial charge in [0.25, 0.3) is 5.91 Å². The second-order valence-electron chi connectivity index (χ2n) is 6.01. The third-order valence-electron chi connectivity index (χ3n) is 4.10. The van der Waals surface area contributed by atoms with E-state index in [0.717, 1.165) is 45.5 Å². The van der Waals surface area contributed by atoms with E-state index < -0.39 is 0 Å². The number of halogens is 1. The smallest absolute Gasteiger partial charge is 0.251 e. The zero-order valence-corrected chi connectivity index (χ0v) is 15.5. The summed E-state index contributed by atoms with van der Waals surface area (Å²) in [6.45, 7) is 5.70. The van der Waals surface area contributed by atoms with E-state index in [0.29, 0.717) is 0 Å². The molecule has 3 nitrogen and oxygen atoms in total. The number of anilines is 1. The van der Waals surface area contributed by atoms with Crippen molar-refractivity contribution in [2.75, 3.05) is 18.0 Å². The first-order chi connectivity index (χ1) is 11.6. The van der Waals surface area contributed by atoms with Crippen LogP contribution in [0.25, 0.3) is 10.4 Å². The maximum absolute atomic E-state index is 12.6. The van der Waals surface area contributed by atoms with Gasteiger partial charge in [0, 0.05) is 16.4 Å². The average molecular weight is 361 g/mol. The molecule has 0 aliphatic carbocycles.